The molecule has 0 N–H and O–H groups in total. The first-order chi connectivity index (χ1) is 32.5. The Labute approximate surface area is 421 Å². The van der Waals surface area contributed by atoms with Crippen LogP contribution in [0.15, 0.2) is 114 Å². The normalized spacial score (nSPS) is 18.5. The Morgan fingerprint density at radius 1 is 0.429 bits per heavy atom. The van der Waals surface area contributed by atoms with Gasteiger partial charge in [-0.05, 0) is 179 Å². The molecule has 2 aliphatic heterocycles. The summed E-state index contributed by atoms with van der Waals surface area (Å²) in [5.74, 6) is 0.943. The molecule has 3 nitrogen and oxygen atoms in total. The smallest absolute Gasteiger partial charge is 0.257 e. The van der Waals surface area contributed by atoms with Gasteiger partial charge in [0.15, 0.2) is 0 Å². The van der Waals surface area contributed by atoms with E-state index >= 15 is 0 Å². The van der Waals surface area contributed by atoms with Gasteiger partial charge in [0.1, 0.15) is 5.58 Å². The molecule has 11 rings (SSSR count). The largest absolute Gasteiger partial charge is 0.440 e. The van der Waals surface area contributed by atoms with Gasteiger partial charge in [-0.25, -0.2) is 0 Å². The number of benzene rings is 6. The first-order valence-electron chi connectivity index (χ1n) is 26.5. The zero-order chi connectivity index (χ0) is 50.0. The summed E-state index contributed by atoms with van der Waals surface area (Å²) in [5.41, 5.74) is 23.2. The fourth-order valence-electron chi connectivity index (χ4n) is 12.7. The number of anilines is 6. The molecule has 4 aliphatic rings. The van der Waals surface area contributed by atoms with Gasteiger partial charge in [-0.15, -0.1) is 0 Å². The predicted molar refractivity (Wildman–Crippen MR) is 302 cm³/mol. The second-order valence-electron chi connectivity index (χ2n) is 27.7. The zero-order valence-corrected chi connectivity index (χ0v) is 45.6. The highest BCUT2D eigenvalue weighted by molar-refractivity contribution is 7.01. The van der Waals surface area contributed by atoms with Gasteiger partial charge < -0.3 is 9.32 Å². The van der Waals surface area contributed by atoms with Crippen molar-refractivity contribution >= 4 is 68.4 Å². The highest BCUT2D eigenvalue weighted by Gasteiger charge is 2.49. The lowest BCUT2D eigenvalue weighted by Gasteiger charge is -2.45. The van der Waals surface area contributed by atoms with Gasteiger partial charge in [0.25, 0.3) is 6.71 Å². The molecule has 0 spiro atoms. The number of fused-ring (bicyclic) bond motifs is 8. The van der Waals surface area contributed by atoms with Crippen LogP contribution in [0.5, 0.6) is 0 Å². The average Bonchev–Trinajstić information content (AvgIpc) is 3.66. The molecule has 0 amide bonds. The van der Waals surface area contributed by atoms with Gasteiger partial charge in [0.05, 0.1) is 0 Å². The summed E-state index contributed by atoms with van der Waals surface area (Å²) in [4.78, 5) is 5.21. The van der Waals surface area contributed by atoms with Gasteiger partial charge in [0, 0.05) is 39.3 Å². The van der Waals surface area contributed by atoms with Crippen LogP contribution in [0.25, 0.3) is 22.1 Å². The molecule has 0 saturated heterocycles. The van der Waals surface area contributed by atoms with Crippen molar-refractivity contribution in [1.82, 2.24) is 0 Å². The molecule has 0 atom stereocenters. The molecule has 2 aliphatic carbocycles. The molecular formula is C66H77BN2O. The van der Waals surface area contributed by atoms with Crippen molar-refractivity contribution in [2.45, 2.75) is 181 Å². The second-order valence-corrected chi connectivity index (χ2v) is 27.7. The molecule has 0 bridgehead atoms. The van der Waals surface area contributed by atoms with E-state index in [2.05, 4.69) is 237 Å². The van der Waals surface area contributed by atoms with Crippen LogP contribution in [0.2, 0.25) is 0 Å². The fraction of sp³-hybridized carbons (Fsp3) is 0.424. The van der Waals surface area contributed by atoms with Crippen LogP contribution in [0, 0.1) is 0 Å². The minimum absolute atomic E-state index is 0.0285. The van der Waals surface area contributed by atoms with E-state index in [1.54, 1.807) is 0 Å². The van der Waals surface area contributed by atoms with Gasteiger partial charge >= 0.3 is 0 Å². The van der Waals surface area contributed by atoms with Crippen LogP contribution in [-0.4, -0.2) is 6.71 Å². The molecule has 0 fully saturated rings. The highest BCUT2D eigenvalue weighted by atomic mass is 16.4. The molecule has 1 aromatic heterocycles. The summed E-state index contributed by atoms with van der Waals surface area (Å²) in [6.07, 6.45) is 4.63. The number of rotatable bonds is 3. The molecule has 0 unspecified atom stereocenters. The second kappa shape index (κ2) is 15.0. The SMILES string of the molecule is CC(C)(C)c1cc(N2c3cc(C(C)(C)C)ccc3B3c4c2cc(-c2ccccc2)cc4N(c2ccc4c(c2)C(C)(C)CCC4(C)C)c2oc4cc5c(cc4c23)C(C)(C)CCC5(C)C)cc(C(C)(C)C)c1. The highest BCUT2D eigenvalue weighted by Crippen LogP contribution is 2.54. The van der Waals surface area contributed by atoms with E-state index in [1.165, 1.54) is 101 Å². The maximum Gasteiger partial charge on any atom is 0.257 e. The Kier molecular flexibility index (Phi) is 10.1. The van der Waals surface area contributed by atoms with Crippen LogP contribution >= 0.6 is 0 Å². The molecule has 4 heteroatoms. The van der Waals surface area contributed by atoms with Gasteiger partial charge in [-0.2, -0.15) is 0 Å². The van der Waals surface area contributed by atoms with E-state index < -0.39 is 0 Å². The number of hydrogen-bond donors (Lipinski definition) is 0. The lowest BCUT2D eigenvalue weighted by Crippen LogP contribution is -2.61. The third kappa shape index (κ3) is 7.26. The fourth-order valence-corrected chi connectivity index (χ4v) is 12.7. The Balaban J connectivity index is 1.32. The lowest BCUT2D eigenvalue weighted by molar-refractivity contribution is 0.332. The van der Waals surface area contributed by atoms with E-state index in [0.29, 0.717) is 0 Å². The standard InChI is InChI=1S/C66H77BN2O/c1-60(2,3)42-23-26-52-53(36-42)68(46-34-43(61(4,5)6)33-44(35-46)62(7,8)9)54-31-41(40-21-19-18-20-22-40)32-55-58(54)67(52)57-47-38-50-51(66(16,17)30-29-65(50,14)15)39-56(47)70-59(57)69(55)45-24-25-48-49(37-45)64(12,13)28-27-63(48,10)11/h18-26,31-39H,27-30H2,1-17H3. The zero-order valence-electron chi connectivity index (χ0n) is 45.6. The molecule has 70 heavy (non-hydrogen) atoms. The molecular weight excluding hydrogens is 848 g/mol. The van der Waals surface area contributed by atoms with Gasteiger partial charge in [-0.1, -0.05) is 172 Å². The summed E-state index contributed by atoms with van der Waals surface area (Å²) in [5, 5.41) is 1.24. The molecule has 3 heterocycles. The van der Waals surface area contributed by atoms with E-state index in [0.717, 1.165) is 36.4 Å². The van der Waals surface area contributed by atoms with E-state index in [-0.39, 0.29) is 44.6 Å². The van der Waals surface area contributed by atoms with Crippen molar-refractivity contribution in [1.29, 1.82) is 0 Å². The summed E-state index contributed by atoms with van der Waals surface area (Å²) in [7, 11) is 0. The summed E-state index contributed by atoms with van der Waals surface area (Å²) < 4.78 is 7.64. The van der Waals surface area contributed by atoms with Gasteiger partial charge in [-0.3, -0.25) is 4.90 Å². The quantitative estimate of drug-likeness (QED) is 0.165. The number of furan rings is 1. The predicted octanol–water partition coefficient (Wildman–Crippen LogP) is 16.8. The maximum absolute atomic E-state index is 7.64. The van der Waals surface area contributed by atoms with Crippen molar-refractivity contribution in [2.24, 2.45) is 0 Å². The molecule has 0 radical (unpaired) electrons. The van der Waals surface area contributed by atoms with Crippen molar-refractivity contribution in [2.75, 3.05) is 9.80 Å². The van der Waals surface area contributed by atoms with Crippen molar-refractivity contribution in [3.8, 4) is 11.1 Å². The maximum atomic E-state index is 7.64. The number of nitrogens with zero attached hydrogens (tertiary/aromatic N) is 2. The third-order valence-electron chi connectivity index (χ3n) is 17.6. The van der Waals surface area contributed by atoms with E-state index in [9.17, 15) is 0 Å². The van der Waals surface area contributed by atoms with Crippen LogP contribution in [0.1, 0.15) is 182 Å². The summed E-state index contributed by atoms with van der Waals surface area (Å²) in [6.45, 7) is 40.7. The Morgan fingerprint density at radius 3 is 1.53 bits per heavy atom. The lowest BCUT2D eigenvalue weighted by atomic mass is 9.33. The molecule has 0 saturated carbocycles. The van der Waals surface area contributed by atoms with Crippen LogP contribution in [-0.2, 0) is 37.9 Å². The summed E-state index contributed by atoms with van der Waals surface area (Å²) >= 11 is 0. The Morgan fingerprint density at radius 2 is 0.957 bits per heavy atom. The summed E-state index contributed by atoms with van der Waals surface area (Å²) in [6, 6.07) is 43.4. The Bertz CT molecular complexity index is 3250. The topological polar surface area (TPSA) is 19.6 Å². The van der Waals surface area contributed by atoms with Crippen LogP contribution in [0.3, 0.4) is 0 Å². The molecule has 360 valence electrons. The van der Waals surface area contributed by atoms with E-state index in [4.69, 9.17) is 4.42 Å². The number of hydrogen-bond acceptors (Lipinski definition) is 3. The minimum Gasteiger partial charge on any atom is -0.440 e. The third-order valence-corrected chi connectivity index (χ3v) is 17.6. The van der Waals surface area contributed by atoms with Crippen molar-refractivity contribution < 1.29 is 4.42 Å². The molecule has 7 aromatic rings. The van der Waals surface area contributed by atoms with Crippen molar-refractivity contribution in [3.05, 3.63) is 148 Å². The monoisotopic (exact) mass is 925 g/mol. The minimum atomic E-state index is -0.0822. The van der Waals surface area contributed by atoms with Crippen LogP contribution in [0.4, 0.5) is 34.3 Å². The van der Waals surface area contributed by atoms with Crippen LogP contribution < -0.4 is 26.2 Å². The first-order valence-corrected chi connectivity index (χ1v) is 26.5. The van der Waals surface area contributed by atoms with E-state index in [1.807, 2.05) is 0 Å². The first kappa shape index (κ1) is 46.9. The Hall–Kier alpha value is -5.48. The van der Waals surface area contributed by atoms with Crippen molar-refractivity contribution in [3.63, 3.8) is 0 Å². The van der Waals surface area contributed by atoms with Gasteiger partial charge in [0.2, 0.25) is 5.88 Å². The molecule has 6 aromatic carbocycles. The average molecular weight is 925 g/mol.